The Hall–Kier alpha value is -2.41. The molecule has 0 aliphatic rings. The minimum atomic E-state index is -4.48. The van der Waals surface area contributed by atoms with Crippen LogP contribution in [0.15, 0.2) is 42.6 Å². The van der Waals surface area contributed by atoms with Gasteiger partial charge in [0.15, 0.2) is 0 Å². The highest BCUT2D eigenvalue weighted by Crippen LogP contribution is 2.30. The van der Waals surface area contributed by atoms with Crippen LogP contribution in [0.2, 0.25) is 0 Å². The first kappa shape index (κ1) is 17.0. The molecule has 0 bridgehead atoms. The predicted molar refractivity (Wildman–Crippen MR) is 78.4 cm³/mol. The van der Waals surface area contributed by atoms with Gasteiger partial charge in [-0.1, -0.05) is 24.3 Å². The van der Waals surface area contributed by atoms with Crippen molar-refractivity contribution in [3.05, 3.63) is 53.9 Å². The maximum absolute atomic E-state index is 12.7. The fraction of sp³-hybridized carbons (Fsp3) is 0.250. The van der Waals surface area contributed by atoms with E-state index in [0.29, 0.717) is 11.1 Å². The number of aromatic nitrogens is 1. The van der Waals surface area contributed by atoms with Crippen molar-refractivity contribution in [3.63, 3.8) is 0 Å². The standard InChI is InChI=1S/C16H15F3N2O2/c1-23-15(22)13(20)8-10-2-4-11(5-3-10)12-6-7-21-14(9-12)16(17,18)19/h2-7,9,13H,8,20H2,1H3. The number of nitrogens with zero attached hydrogens (tertiary/aromatic N) is 1. The first-order valence-corrected chi connectivity index (χ1v) is 6.77. The molecule has 1 aromatic heterocycles. The average molecular weight is 324 g/mol. The van der Waals surface area contributed by atoms with Gasteiger partial charge in [0.1, 0.15) is 11.7 Å². The van der Waals surface area contributed by atoms with E-state index in [4.69, 9.17) is 5.73 Å². The molecule has 0 radical (unpaired) electrons. The van der Waals surface area contributed by atoms with Gasteiger partial charge in [0.25, 0.3) is 0 Å². The molecule has 2 aromatic rings. The lowest BCUT2D eigenvalue weighted by molar-refractivity contribution is -0.142. The molecule has 0 saturated carbocycles. The van der Waals surface area contributed by atoms with Crippen LogP contribution >= 0.6 is 0 Å². The highest BCUT2D eigenvalue weighted by Gasteiger charge is 2.32. The number of methoxy groups -OCH3 is 1. The smallest absolute Gasteiger partial charge is 0.433 e. The summed E-state index contributed by atoms with van der Waals surface area (Å²) in [6, 6.07) is 8.50. The molecule has 1 heterocycles. The molecule has 0 saturated heterocycles. The molecule has 1 aromatic carbocycles. The normalized spacial score (nSPS) is 12.7. The largest absolute Gasteiger partial charge is 0.468 e. The van der Waals surface area contributed by atoms with E-state index in [1.54, 1.807) is 24.3 Å². The topological polar surface area (TPSA) is 65.2 Å². The molecule has 122 valence electrons. The third-order valence-electron chi connectivity index (χ3n) is 3.30. The summed E-state index contributed by atoms with van der Waals surface area (Å²) in [6.07, 6.45) is -3.07. The molecule has 4 nitrogen and oxygen atoms in total. The molecule has 1 atom stereocenters. The predicted octanol–water partition coefficient (Wildman–Crippen LogP) is 2.81. The van der Waals surface area contributed by atoms with E-state index >= 15 is 0 Å². The average Bonchev–Trinajstić information content (AvgIpc) is 2.54. The summed E-state index contributed by atoms with van der Waals surface area (Å²) in [6.45, 7) is 0. The molecule has 2 rings (SSSR count). The van der Waals surface area contributed by atoms with Crippen LogP contribution < -0.4 is 5.73 Å². The molecule has 0 fully saturated rings. The van der Waals surface area contributed by atoms with Crippen molar-refractivity contribution < 1.29 is 22.7 Å². The van der Waals surface area contributed by atoms with Gasteiger partial charge in [-0.05, 0) is 35.2 Å². The SMILES string of the molecule is COC(=O)C(N)Cc1ccc(-c2ccnc(C(F)(F)F)c2)cc1. The number of esters is 1. The van der Waals surface area contributed by atoms with Crippen LogP contribution in [0.5, 0.6) is 0 Å². The van der Waals surface area contributed by atoms with Crippen LogP contribution in [-0.2, 0) is 22.1 Å². The van der Waals surface area contributed by atoms with Crippen molar-refractivity contribution in [2.24, 2.45) is 5.73 Å². The highest BCUT2D eigenvalue weighted by atomic mass is 19.4. The monoisotopic (exact) mass is 324 g/mol. The second-order valence-electron chi connectivity index (χ2n) is 4.96. The van der Waals surface area contributed by atoms with E-state index in [-0.39, 0.29) is 6.42 Å². The van der Waals surface area contributed by atoms with Crippen molar-refractivity contribution in [1.29, 1.82) is 0 Å². The van der Waals surface area contributed by atoms with Gasteiger partial charge in [0.05, 0.1) is 7.11 Å². The minimum absolute atomic E-state index is 0.289. The number of ether oxygens (including phenoxy) is 1. The number of pyridine rings is 1. The van der Waals surface area contributed by atoms with Crippen molar-refractivity contribution >= 4 is 5.97 Å². The quantitative estimate of drug-likeness (QED) is 0.878. The summed E-state index contributed by atoms with van der Waals surface area (Å²) in [5.74, 6) is -0.516. The lowest BCUT2D eigenvalue weighted by atomic mass is 10.0. The summed E-state index contributed by atoms with van der Waals surface area (Å²) in [7, 11) is 1.26. The molecule has 1 unspecified atom stereocenters. The number of rotatable bonds is 4. The Bertz CT molecular complexity index is 684. The molecule has 0 aliphatic carbocycles. The zero-order valence-electron chi connectivity index (χ0n) is 12.3. The van der Waals surface area contributed by atoms with Crippen LogP contribution in [0.4, 0.5) is 13.2 Å². The van der Waals surface area contributed by atoms with Gasteiger partial charge >= 0.3 is 12.1 Å². The van der Waals surface area contributed by atoms with Gasteiger partial charge in [0.2, 0.25) is 0 Å². The number of carbonyl (C=O) groups excluding carboxylic acids is 1. The molecule has 0 amide bonds. The second-order valence-corrected chi connectivity index (χ2v) is 4.96. The van der Waals surface area contributed by atoms with Crippen LogP contribution in [0.3, 0.4) is 0 Å². The molecule has 7 heteroatoms. The zero-order valence-corrected chi connectivity index (χ0v) is 12.3. The van der Waals surface area contributed by atoms with E-state index in [1.165, 1.54) is 13.2 Å². The van der Waals surface area contributed by atoms with Crippen molar-refractivity contribution in [1.82, 2.24) is 4.98 Å². The Morgan fingerprint density at radius 2 is 1.87 bits per heavy atom. The van der Waals surface area contributed by atoms with Gasteiger partial charge < -0.3 is 10.5 Å². The van der Waals surface area contributed by atoms with Gasteiger partial charge in [-0.25, -0.2) is 0 Å². The lowest BCUT2D eigenvalue weighted by Gasteiger charge is -2.10. The van der Waals surface area contributed by atoms with E-state index in [2.05, 4.69) is 9.72 Å². The fourth-order valence-electron chi connectivity index (χ4n) is 2.09. The maximum Gasteiger partial charge on any atom is 0.433 e. The Labute approximate surface area is 131 Å². The summed E-state index contributed by atoms with van der Waals surface area (Å²) >= 11 is 0. The Kier molecular flexibility index (Phi) is 5.00. The van der Waals surface area contributed by atoms with Crippen molar-refractivity contribution in [2.75, 3.05) is 7.11 Å². The number of carbonyl (C=O) groups is 1. The zero-order chi connectivity index (χ0) is 17.0. The van der Waals surface area contributed by atoms with Crippen LogP contribution in [0, 0.1) is 0 Å². The second kappa shape index (κ2) is 6.78. The van der Waals surface area contributed by atoms with Gasteiger partial charge in [-0.2, -0.15) is 13.2 Å². The molecule has 0 spiro atoms. The van der Waals surface area contributed by atoms with Gasteiger partial charge in [-0.3, -0.25) is 9.78 Å². The Morgan fingerprint density at radius 3 is 2.43 bits per heavy atom. The summed E-state index contributed by atoms with van der Waals surface area (Å²) < 4.78 is 42.6. The third kappa shape index (κ3) is 4.29. The number of hydrogen-bond acceptors (Lipinski definition) is 4. The van der Waals surface area contributed by atoms with E-state index in [0.717, 1.165) is 17.8 Å². The van der Waals surface area contributed by atoms with E-state index in [9.17, 15) is 18.0 Å². The molecule has 23 heavy (non-hydrogen) atoms. The van der Waals surface area contributed by atoms with Crippen LogP contribution in [-0.4, -0.2) is 24.1 Å². The van der Waals surface area contributed by atoms with Gasteiger partial charge in [0, 0.05) is 6.20 Å². The highest BCUT2D eigenvalue weighted by molar-refractivity contribution is 5.75. The lowest BCUT2D eigenvalue weighted by Crippen LogP contribution is -2.33. The molecule has 0 aliphatic heterocycles. The number of benzene rings is 1. The molecule has 2 N–H and O–H groups in total. The fourth-order valence-corrected chi connectivity index (χ4v) is 2.09. The molecular formula is C16H15F3N2O2. The Morgan fingerprint density at radius 1 is 1.22 bits per heavy atom. The third-order valence-corrected chi connectivity index (χ3v) is 3.30. The summed E-state index contributed by atoms with van der Waals surface area (Å²) in [5.41, 5.74) is 6.55. The first-order valence-electron chi connectivity index (χ1n) is 6.77. The van der Waals surface area contributed by atoms with Crippen molar-refractivity contribution in [3.8, 4) is 11.1 Å². The number of nitrogens with two attached hydrogens (primary N) is 1. The number of halogens is 3. The first-order chi connectivity index (χ1) is 10.8. The van der Waals surface area contributed by atoms with E-state index in [1.807, 2.05) is 0 Å². The number of alkyl halides is 3. The summed E-state index contributed by atoms with van der Waals surface area (Å²) in [4.78, 5) is 14.6. The van der Waals surface area contributed by atoms with E-state index < -0.39 is 23.9 Å². The number of hydrogen-bond donors (Lipinski definition) is 1. The maximum atomic E-state index is 12.7. The van der Waals surface area contributed by atoms with Crippen molar-refractivity contribution in [2.45, 2.75) is 18.6 Å². The minimum Gasteiger partial charge on any atom is -0.468 e. The Balaban J connectivity index is 2.18. The van der Waals surface area contributed by atoms with Gasteiger partial charge in [-0.15, -0.1) is 0 Å². The summed E-state index contributed by atoms with van der Waals surface area (Å²) in [5, 5.41) is 0. The van der Waals surface area contributed by atoms with Crippen LogP contribution in [0.1, 0.15) is 11.3 Å². The molecular weight excluding hydrogens is 309 g/mol. The van der Waals surface area contributed by atoms with Crippen LogP contribution in [0.25, 0.3) is 11.1 Å².